The predicted molar refractivity (Wildman–Crippen MR) is 80.1 cm³/mol. The van der Waals surface area contributed by atoms with E-state index in [1.807, 2.05) is 0 Å². The summed E-state index contributed by atoms with van der Waals surface area (Å²) < 4.78 is 5.42. The van der Waals surface area contributed by atoms with Crippen LogP contribution in [0, 0.1) is 0 Å². The molecule has 0 aromatic heterocycles. The monoisotopic (exact) mass is 265 g/mol. The number of benzene rings is 1. The minimum absolute atomic E-state index is 0.0328. The van der Waals surface area contributed by atoms with Crippen LogP contribution in [-0.2, 0) is 5.41 Å². The van der Waals surface area contributed by atoms with Gasteiger partial charge in [0.1, 0.15) is 5.75 Å². The van der Waals surface area contributed by atoms with Gasteiger partial charge < -0.3 is 15.2 Å². The van der Waals surface area contributed by atoms with E-state index in [0.29, 0.717) is 12.5 Å². The maximum atomic E-state index is 8.84. The summed E-state index contributed by atoms with van der Waals surface area (Å²) in [6.45, 7) is 10.4. The number of nitrogens with one attached hydrogen (secondary N) is 1. The first-order valence-electron chi connectivity index (χ1n) is 6.92. The summed E-state index contributed by atoms with van der Waals surface area (Å²) in [7, 11) is 1.72. The van der Waals surface area contributed by atoms with E-state index in [1.165, 1.54) is 11.1 Å². The molecule has 0 radical (unpaired) electrons. The summed E-state index contributed by atoms with van der Waals surface area (Å²) in [5.74, 6) is 1.40. The molecule has 0 amide bonds. The molecule has 19 heavy (non-hydrogen) atoms. The Morgan fingerprint density at radius 2 is 2.00 bits per heavy atom. The van der Waals surface area contributed by atoms with Crippen molar-refractivity contribution in [3.63, 3.8) is 0 Å². The van der Waals surface area contributed by atoms with E-state index in [9.17, 15) is 0 Å². The van der Waals surface area contributed by atoms with Gasteiger partial charge in [0.05, 0.1) is 13.7 Å². The SMILES string of the molecule is COc1ccc(C(C)(C)CNCCO)cc1C(C)C. The number of aliphatic hydroxyl groups is 1. The minimum atomic E-state index is 0.0328. The number of hydrogen-bond donors (Lipinski definition) is 2. The van der Waals surface area contributed by atoms with Crippen LogP contribution in [0.1, 0.15) is 44.7 Å². The largest absolute Gasteiger partial charge is 0.496 e. The van der Waals surface area contributed by atoms with Gasteiger partial charge in [-0.2, -0.15) is 0 Å². The highest BCUT2D eigenvalue weighted by Gasteiger charge is 2.22. The average Bonchev–Trinajstić information content (AvgIpc) is 2.38. The molecule has 0 saturated heterocycles. The molecule has 2 N–H and O–H groups in total. The number of methoxy groups -OCH3 is 1. The van der Waals surface area contributed by atoms with Crippen molar-refractivity contribution in [1.29, 1.82) is 0 Å². The molecule has 108 valence electrons. The zero-order chi connectivity index (χ0) is 14.5. The molecule has 0 saturated carbocycles. The van der Waals surface area contributed by atoms with E-state index < -0.39 is 0 Å². The Morgan fingerprint density at radius 1 is 1.32 bits per heavy atom. The summed E-state index contributed by atoms with van der Waals surface area (Å²) >= 11 is 0. The van der Waals surface area contributed by atoms with Gasteiger partial charge >= 0.3 is 0 Å². The number of aliphatic hydroxyl groups excluding tert-OH is 1. The molecular formula is C16H27NO2. The standard InChI is InChI=1S/C16H27NO2/c1-12(2)14-10-13(6-7-15(14)19-5)16(3,4)11-17-8-9-18/h6-7,10,12,17-18H,8-9,11H2,1-5H3. The molecule has 3 nitrogen and oxygen atoms in total. The van der Waals surface area contributed by atoms with Gasteiger partial charge in [0, 0.05) is 18.5 Å². The van der Waals surface area contributed by atoms with Crippen LogP contribution in [0.15, 0.2) is 18.2 Å². The molecule has 1 aromatic carbocycles. The highest BCUT2D eigenvalue weighted by molar-refractivity contribution is 5.41. The topological polar surface area (TPSA) is 41.5 Å². The molecule has 0 aliphatic carbocycles. The molecule has 0 spiro atoms. The zero-order valence-corrected chi connectivity index (χ0v) is 12.8. The molecule has 0 bridgehead atoms. The van der Waals surface area contributed by atoms with Gasteiger partial charge in [0.15, 0.2) is 0 Å². The highest BCUT2D eigenvalue weighted by Crippen LogP contribution is 2.32. The van der Waals surface area contributed by atoms with Crippen LogP contribution >= 0.6 is 0 Å². The van der Waals surface area contributed by atoms with Crippen LogP contribution < -0.4 is 10.1 Å². The van der Waals surface area contributed by atoms with Crippen molar-refractivity contribution < 1.29 is 9.84 Å². The Bertz CT molecular complexity index is 400. The summed E-state index contributed by atoms with van der Waals surface area (Å²) in [4.78, 5) is 0. The van der Waals surface area contributed by atoms with E-state index >= 15 is 0 Å². The molecule has 0 aliphatic rings. The lowest BCUT2D eigenvalue weighted by atomic mass is 9.82. The quantitative estimate of drug-likeness (QED) is 0.745. The van der Waals surface area contributed by atoms with Crippen molar-refractivity contribution in [3.05, 3.63) is 29.3 Å². The van der Waals surface area contributed by atoms with Crippen LogP contribution in [-0.4, -0.2) is 31.9 Å². The average molecular weight is 265 g/mol. The first kappa shape index (κ1) is 16.0. The van der Waals surface area contributed by atoms with E-state index in [2.05, 4.69) is 51.2 Å². The van der Waals surface area contributed by atoms with Gasteiger partial charge in [0.25, 0.3) is 0 Å². The Labute approximate surface area is 117 Å². The summed E-state index contributed by atoms with van der Waals surface area (Å²) in [6, 6.07) is 6.42. The second kappa shape index (κ2) is 6.92. The molecule has 3 heteroatoms. The molecule has 0 aliphatic heterocycles. The second-order valence-electron chi connectivity index (χ2n) is 5.90. The van der Waals surface area contributed by atoms with Crippen LogP contribution in [0.3, 0.4) is 0 Å². The third-order valence-electron chi connectivity index (χ3n) is 3.49. The van der Waals surface area contributed by atoms with Gasteiger partial charge in [-0.05, 0) is 23.1 Å². The fourth-order valence-electron chi connectivity index (χ4n) is 2.19. The van der Waals surface area contributed by atoms with Gasteiger partial charge in [-0.1, -0.05) is 39.8 Å². The fourth-order valence-corrected chi connectivity index (χ4v) is 2.19. The summed E-state index contributed by atoms with van der Waals surface area (Å²) in [6.07, 6.45) is 0. The maximum absolute atomic E-state index is 8.84. The maximum Gasteiger partial charge on any atom is 0.122 e. The van der Waals surface area contributed by atoms with Gasteiger partial charge in [-0.3, -0.25) is 0 Å². The Hall–Kier alpha value is -1.06. The Morgan fingerprint density at radius 3 is 2.53 bits per heavy atom. The molecule has 0 heterocycles. The van der Waals surface area contributed by atoms with E-state index in [4.69, 9.17) is 9.84 Å². The van der Waals surface area contributed by atoms with Crippen LogP contribution in [0.5, 0.6) is 5.75 Å². The van der Waals surface area contributed by atoms with E-state index in [0.717, 1.165) is 12.3 Å². The normalized spacial score (nSPS) is 11.9. The predicted octanol–water partition coefficient (Wildman–Crippen LogP) is 2.68. The lowest BCUT2D eigenvalue weighted by Crippen LogP contribution is -2.34. The summed E-state index contributed by atoms with van der Waals surface area (Å²) in [5.41, 5.74) is 2.57. The zero-order valence-electron chi connectivity index (χ0n) is 12.8. The van der Waals surface area contributed by atoms with Crippen molar-refractivity contribution in [2.24, 2.45) is 0 Å². The summed E-state index contributed by atoms with van der Waals surface area (Å²) in [5, 5.41) is 12.1. The number of hydrogen-bond acceptors (Lipinski definition) is 3. The third kappa shape index (κ3) is 4.22. The molecule has 1 rings (SSSR count). The first-order valence-corrected chi connectivity index (χ1v) is 6.92. The third-order valence-corrected chi connectivity index (χ3v) is 3.49. The first-order chi connectivity index (χ1) is 8.92. The molecular weight excluding hydrogens is 238 g/mol. The van der Waals surface area contributed by atoms with Crippen molar-refractivity contribution >= 4 is 0 Å². The van der Waals surface area contributed by atoms with Gasteiger partial charge in [-0.15, -0.1) is 0 Å². The van der Waals surface area contributed by atoms with Gasteiger partial charge in [-0.25, -0.2) is 0 Å². The second-order valence-corrected chi connectivity index (χ2v) is 5.90. The Balaban J connectivity index is 2.96. The molecule has 0 atom stereocenters. The van der Waals surface area contributed by atoms with E-state index in [-0.39, 0.29) is 12.0 Å². The smallest absolute Gasteiger partial charge is 0.122 e. The number of ether oxygens (including phenoxy) is 1. The van der Waals surface area contributed by atoms with Crippen LogP contribution in [0.25, 0.3) is 0 Å². The lowest BCUT2D eigenvalue weighted by Gasteiger charge is -2.27. The highest BCUT2D eigenvalue weighted by atomic mass is 16.5. The number of rotatable bonds is 7. The van der Waals surface area contributed by atoms with Crippen molar-refractivity contribution in [2.75, 3.05) is 26.8 Å². The molecule has 0 fully saturated rings. The fraction of sp³-hybridized carbons (Fsp3) is 0.625. The minimum Gasteiger partial charge on any atom is -0.496 e. The van der Waals surface area contributed by atoms with Gasteiger partial charge in [0.2, 0.25) is 0 Å². The van der Waals surface area contributed by atoms with Crippen molar-refractivity contribution in [3.8, 4) is 5.75 Å². The van der Waals surface area contributed by atoms with Crippen LogP contribution in [0.4, 0.5) is 0 Å². The van der Waals surface area contributed by atoms with Crippen molar-refractivity contribution in [1.82, 2.24) is 5.32 Å². The molecule has 0 unspecified atom stereocenters. The molecule has 1 aromatic rings. The Kier molecular flexibility index (Phi) is 5.83. The van der Waals surface area contributed by atoms with Crippen molar-refractivity contribution in [2.45, 2.75) is 39.0 Å². The lowest BCUT2D eigenvalue weighted by molar-refractivity contribution is 0.286. The van der Waals surface area contributed by atoms with E-state index in [1.54, 1.807) is 7.11 Å². The van der Waals surface area contributed by atoms with Crippen LogP contribution in [0.2, 0.25) is 0 Å².